The number of rotatable bonds is 3. The molecule has 5 rings (SSSR count). The minimum Gasteiger partial charge on any atom is -0.384 e. The molecule has 29 heavy (non-hydrogen) atoms. The molecule has 146 valence electrons. The van der Waals surface area contributed by atoms with Crippen molar-refractivity contribution in [3.63, 3.8) is 0 Å². The van der Waals surface area contributed by atoms with Crippen LogP contribution in [0, 0.1) is 0 Å². The molecule has 3 aromatic heterocycles. The van der Waals surface area contributed by atoms with Crippen molar-refractivity contribution in [2.24, 2.45) is 0 Å². The summed E-state index contributed by atoms with van der Waals surface area (Å²) in [5.41, 5.74) is 3.17. The van der Waals surface area contributed by atoms with Crippen LogP contribution in [0.4, 0.5) is 18.9 Å². The molecule has 0 unspecified atom stereocenters. The standard InChI is InChI=1S/C20H15F3N6/c21-20(22,23)17-4-3-16-19(28-17)29(14-1-2-15-12(9-14)5-6-26-15)18(27-16)10-13-11-24-7-8-25-13/h1-4,7-9,11,26H,5-6,10H2. The van der Waals surface area contributed by atoms with Gasteiger partial charge in [0.05, 0.1) is 12.1 Å². The Labute approximate surface area is 163 Å². The van der Waals surface area contributed by atoms with E-state index in [2.05, 4.69) is 25.3 Å². The number of nitrogens with zero attached hydrogens (tertiary/aromatic N) is 5. The van der Waals surface area contributed by atoms with Crippen LogP contribution < -0.4 is 5.32 Å². The van der Waals surface area contributed by atoms with Gasteiger partial charge in [0.15, 0.2) is 5.65 Å². The number of anilines is 1. The van der Waals surface area contributed by atoms with Crippen molar-refractivity contribution in [2.75, 3.05) is 11.9 Å². The first-order valence-corrected chi connectivity index (χ1v) is 9.07. The fraction of sp³-hybridized carbons (Fsp3) is 0.200. The van der Waals surface area contributed by atoms with Crippen molar-refractivity contribution < 1.29 is 13.2 Å². The van der Waals surface area contributed by atoms with Crippen LogP contribution in [0.15, 0.2) is 48.9 Å². The summed E-state index contributed by atoms with van der Waals surface area (Å²) in [5, 5.41) is 3.29. The molecule has 0 saturated carbocycles. The second kappa shape index (κ2) is 6.54. The quantitative estimate of drug-likeness (QED) is 0.571. The van der Waals surface area contributed by atoms with Crippen molar-refractivity contribution in [3.8, 4) is 5.69 Å². The zero-order valence-electron chi connectivity index (χ0n) is 15.1. The minimum absolute atomic E-state index is 0.171. The lowest BCUT2D eigenvalue weighted by molar-refractivity contribution is -0.141. The van der Waals surface area contributed by atoms with Crippen molar-refractivity contribution in [1.82, 2.24) is 24.5 Å². The summed E-state index contributed by atoms with van der Waals surface area (Å²) in [7, 11) is 0. The molecule has 9 heteroatoms. The largest absolute Gasteiger partial charge is 0.433 e. The molecule has 0 amide bonds. The van der Waals surface area contributed by atoms with Crippen LogP contribution in [0.25, 0.3) is 16.9 Å². The Bertz CT molecular complexity index is 1200. The van der Waals surface area contributed by atoms with Crippen LogP contribution in [-0.2, 0) is 19.0 Å². The van der Waals surface area contributed by atoms with Crippen molar-refractivity contribution in [2.45, 2.75) is 19.0 Å². The van der Waals surface area contributed by atoms with Gasteiger partial charge < -0.3 is 5.32 Å². The summed E-state index contributed by atoms with van der Waals surface area (Å²) in [4.78, 5) is 16.8. The lowest BCUT2D eigenvalue weighted by Gasteiger charge is -2.11. The van der Waals surface area contributed by atoms with E-state index in [1.165, 1.54) is 6.07 Å². The number of hydrogen-bond acceptors (Lipinski definition) is 5. The number of imidazole rings is 1. The third-order valence-electron chi connectivity index (χ3n) is 4.88. The molecule has 0 fully saturated rings. The Hall–Kier alpha value is -3.49. The van der Waals surface area contributed by atoms with Crippen LogP contribution in [0.5, 0.6) is 0 Å². The number of benzene rings is 1. The summed E-state index contributed by atoms with van der Waals surface area (Å²) in [6.07, 6.45) is 1.40. The van der Waals surface area contributed by atoms with Crippen LogP contribution >= 0.6 is 0 Å². The van der Waals surface area contributed by atoms with E-state index in [4.69, 9.17) is 0 Å². The number of nitrogens with one attached hydrogen (secondary N) is 1. The van der Waals surface area contributed by atoms with E-state index in [1.54, 1.807) is 23.2 Å². The smallest absolute Gasteiger partial charge is 0.384 e. The van der Waals surface area contributed by atoms with Crippen LogP contribution in [-0.4, -0.2) is 31.0 Å². The highest BCUT2D eigenvalue weighted by molar-refractivity contribution is 5.75. The van der Waals surface area contributed by atoms with Gasteiger partial charge in [-0.1, -0.05) is 0 Å². The second-order valence-corrected chi connectivity index (χ2v) is 6.79. The van der Waals surface area contributed by atoms with Gasteiger partial charge >= 0.3 is 6.18 Å². The number of aromatic nitrogens is 5. The van der Waals surface area contributed by atoms with Gasteiger partial charge in [0.1, 0.15) is 17.0 Å². The highest BCUT2D eigenvalue weighted by Crippen LogP contribution is 2.32. The predicted molar refractivity (Wildman–Crippen MR) is 101 cm³/mol. The van der Waals surface area contributed by atoms with Crippen molar-refractivity contribution >= 4 is 16.9 Å². The maximum absolute atomic E-state index is 13.3. The van der Waals surface area contributed by atoms with E-state index < -0.39 is 11.9 Å². The fourth-order valence-corrected chi connectivity index (χ4v) is 3.57. The highest BCUT2D eigenvalue weighted by Gasteiger charge is 2.33. The van der Waals surface area contributed by atoms with Gasteiger partial charge in [-0.25, -0.2) is 9.97 Å². The van der Waals surface area contributed by atoms with Crippen LogP contribution in [0.2, 0.25) is 0 Å². The zero-order valence-corrected chi connectivity index (χ0v) is 15.1. The van der Waals surface area contributed by atoms with E-state index in [-0.39, 0.29) is 5.65 Å². The second-order valence-electron chi connectivity index (χ2n) is 6.79. The molecule has 0 spiro atoms. The first kappa shape index (κ1) is 17.6. The van der Waals surface area contributed by atoms with Crippen LogP contribution in [0.1, 0.15) is 22.8 Å². The third kappa shape index (κ3) is 3.18. The maximum atomic E-state index is 13.3. The molecule has 6 nitrogen and oxygen atoms in total. The van der Waals surface area contributed by atoms with E-state index in [0.717, 1.165) is 36.0 Å². The Morgan fingerprint density at radius 3 is 2.76 bits per heavy atom. The number of hydrogen-bond donors (Lipinski definition) is 1. The molecular formula is C20H15F3N6. The molecule has 4 heterocycles. The van der Waals surface area contributed by atoms with Gasteiger partial charge in [0, 0.05) is 36.5 Å². The van der Waals surface area contributed by atoms with Gasteiger partial charge in [-0.3, -0.25) is 14.5 Å². The SMILES string of the molecule is FC(F)(F)c1ccc2nc(Cc3cnccn3)n(-c3ccc4c(c3)CCN4)c2n1. The topological polar surface area (TPSA) is 68.5 Å². The molecule has 4 aromatic rings. The minimum atomic E-state index is -4.53. The van der Waals surface area contributed by atoms with E-state index in [1.807, 2.05) is 18.2 Å². The number of halogens is 3. The normalized spacial score (nSPS) is 13.5. The first-order chi connectivity index (χ1) is 14.0. The molecule has 1 N–H and O–H groups in total. The number of alkyl halides is 3. The van der Waals surface area contributed by atoms with E-state index in [0.29, 0.717) is 23.5 Å². The molecule has 0 aliphatic carbocycles. The number of pyridine rings is 1. The summed E-state index contributed by atoms with van der Waals surface area (Å²) in [6, 6.07) is 8.08. The molecule has 1 aromatic carbocycles. The average Bonchev–Trinajstić information content (AvgIpc) is 3.30. The Morgan fingerprint density at radius 2 is 1.97 bits per heavy atom. The highest BCUT2D eigenvalue weighted by atomic mass is 19.4. The summed E-state index contributed by atoms with van der Waals surface area (Å²) in [6.45, 7) is 0.840. The summed E-state index contributed by atoms with van der Waals surface area (Å²) < 4.78 is 41.5. The first-order valence-electron chi connectivity index (χ1n) is 9.07. The average molecular weight is 396 g/mol. The summed E-state index contributed by atoms with van der Waals surface area (Å²) >= 11 is 0. The van der Waals surface area contributed by atoms with Crippen molar-refractivity contribution in [3.05, 3.63) is 71.7 Å². The fourth-order valence-electron chi connectivity index (χ4n) is 3.57. The van der Waals surface area contributed by atoms with Crippen molar-refractivity contribution in [1.29, 1.82) is 0 Å². The lowest BCUT2D eigenvalue weighted by Crippen LogP contribution is -2.09. The Balaban J connectivity index is 1.72. The monoisotopic (exact) mass is 396 g/mol. The third-order valence-corrected chi connectivity index (χ3v) is 4.88. The maximum Gasteiger partial charge on any atom is 0.433 e. The van der Waals surface area contributed by atoms with Gasteiger partial charge in [-0.2, -0.15) is 13.2 Å². The molecular weight excluding hydrogens is 381 g/mol. The zero-order chi connectivity index (χ0) is 20.0. The molecule has 0 atom stereocenters. The van der Waals surface area contributed by atoms with E-state index in [9.17, 15) is 13.2 Å². The molecule has 1 aliphatic rings. The van der Waals surface area contributed by atoms with Gasteiger partial charge in [0.25, 0.3) is 0 Å². The predicted octanol–water partition coefficient (Wildman–Crippen LogP) is 3.79. The van der Waals surface area contributed by atoms with E-state index >= 15 is 0 Å². The van der Waals surface area contributed by atoms with Crippen LogP contribution in [0.3, 0.4) is 0 Å². The Kier molecular flexibility index (Phi) is 3.97. The number of fused-ring (bicyclic) bond motifs is 2. The molecule has 0 radical (unpaired) electrons. The summed E-state index contributed by atoms with van der Waals surface area (Å²) in [5.74, 6) is 0.554. The van der Waals surface area contributed by atoms with Gasteiger partial charge in [-0.15, -0.1) is 0 Å². The lowest BCUT2D eigenvalue weighted by atomic mass is 10.1. The molecule has 1 aliphatic heterocycles. The molecule has 0 bridgehead atoms. The van der Waals surface area contributed by atoms with Gasteiger partial charge in [-0.05, 0) is 42.3 Å². The van der Waals surface area contributed by atoms with Gasteiger partial charge in [0.2, 0.25) is 0 Å². The molecule has 0 saturated heterocycles. The Morgan fingerprint density at radius 1 is 1.07 bits per heavy atom.